The Labute approximate surface area is 114 Å². The average Bonchev–Trinajstić information content (AvgIpc) is 3.08. The molecular weight excluding hydrogens is 268 g/mol. The fraction of sp³-hybridized carbons (Fsp3) is 0.357. The van der Waals surface area contributed by atoms with Crippen LogP contribution in [0.1, 0.15) is 12.8 Å². The normalized spacial score (nSPS) is 14.6. The van der Waals surface area contributed by atoms with Crippen LogP contribution in [0.5, 0.6) is 11.5 Å². The lowest BCUT2D eigenvalue weighted by Gasteiger charge is -2.12. The van der Waals surface area contributed by atoms with Crippen molar-refractivity contribution >= 4 is 0 Å². The van der Waals surface area contributed by atoms with Gasteiger partial charge < -0.3 is 13.9 Å². The van der Waals surface area contributed by atoms with Crippen LogP contribution in [0.25, 0.3) is 11.5 Å². The van der Waals surface area contributed by atoms with Gasteiger partial charge in [0, 0.05) is 5.56 Å². The molecule has 0 atom stereocenters. The summed E-state index contributed by atoms with van der Waals surface area (Å²) in [7, 11) is 0. The number of benzene rings is 1. The van der Waals surface area contributed by atoms with Gasteiger partial charge >= 0.3 is 6.61 Å². The molecule has 0 N–H and O–H groups in total. The average molecular weight is 280 g/mol. The third-order valence-electron chi connectivity index (χ3n) is 2.97. The molecule has 4 nitrogen and oxygen atoms in total. The molecule has 105 valence electrons. The Kier molecular flexibility index (Phi) is 3.54. The van der Waals surface area contributed by atoms with Crippen LogP contribution in [0.2, 0.25) is 0 Å². The molecule has 0 aliphatic heterocycles. The number of halogens is 2. The third-order valence-corrected chi connectivity index (χ3v) is 2.97. The van der Waals surface area contributed by atoms with Gasteiger partial charge in [-0.3, -0.25) is 0 Å². The molecule has 0 amide bonds. The van der Waals surface area contributed by atoms with Crippen molar-refractivity contribution in [1.29, 1.82) is 0 Å². The van der Waals surface area contributed by atoms with E-state index in [-0.39, 0.29) is 11.6 Å². The first kappa shape index (κ1) is 12.9. The summed E-state index contributed by atoms with van der Waals surface area (Å²) in [6.45, 7) is -2.39. The zero-order chi connectivity index (χ0) is 13.9. The van der Waals surface area contributed by atoms with Crippen LogP contribution < -0.4 is 9.47 Å². The van der Waals surface area contributed by atoms with Gasteiger partial charge in [0.15, 0.2) is 11.5 Å². The molecule has 1 radical (unpaired) electrons. The number of rotatable bonds is 6. The Hall–Kier alpha value is -2.11. The van der Waals surface area contributed by atoms with E-state index in [9.17, 15) is 8.78 Å². The fourth-order valence-corrected chi connectivity index (χ4v) is 1.77. The number of aromatic nitrogens is 1. The second-order valence-corrected chi connectivity index (χ2v) is 4.58. The van der Waals surface area contributed by atoms with Gasteiger partial charge in [-0.05, 0) is 37.0 Å². The molecule has 0 bridgehead atoms. The van der Waals surface area contributed by atoms with Crippen molar-refractivity contribution in [3.63, 3.8) is 0 Å². The van der Waals surface area contributed by atoms with Crippen molar-refractivity contribution in [2.24, 2.45) is 5.92 Å². The maximum absolute atomic E-state index is 12.5. The van der Waals surface area contributed by atoms with Crippen LogP contribution in [0.4, 0.5) is 8.78 Å². The molecule has 0 spiro atoms. The third kappa shape index (κ3) is 3.07. The standard InChI is InChI=1S/C14H12F2NO3/c15-14(16)20-12-7-10(13-17-5-6-18-13)3-4-11(12)19-8-9-1-2-9/h3-4,6-7,9,14H,1-2,8H2. The zero-order valence-corrected chi connectivity index (χ0v) is 10.5. The van der Waals surface area contributed by atoms with E-state index < -0.39 is 6.61 Å². The molecule has 20 heavy (non-hydrogen) atoms. The highest BCUT2D eigenvalue weighted by atomic mass is 19.3. The van der Waals surface area contributed by atoms with Crippen molar-refractivity contribution in [2.75, 3.05) is 6.61 Å². The first-order valence-electron chi connectivity index (χ1n) is 6.26. The van der Waals surface area contributed by atoms with Gasteiger partial charge in [0.05, 0.1) is 6.61 Å². The van der Waals surface area contributed by atoms with E-state index >= 15 is 0 Å². The Morgan fingerprint density at radius 2 is 2.20 bits per heavy atom. The van der Waals surface area contributed by atoms with Crippen LogP contribution in [-0.4, -0.2) is 18.2 Å². The summed E-state index contributed by atoms with van der Waals surface area (Å²) in [6, 6.07) is 4.69. The highest BCUT2D eigenvalue weighted by Gasteiger charge is 2.23. The largest absolute Gasteiger partial charge is 0.489 e. The van der Waals surface area contributed by atoms with E-state index in [1.54, 1.807) is 12.1 Å². The van der Waals surface area contributed by atoms with E-state index in [1.807, 2.05) is 0 Å². The summed E-state index contributed by atoms with van der Waals surface area (Å²) in [5.41, 5.74) is 0.528. The number of ether oxygens (including phenoxy) is 2. The van der Waals surface area contributed by atoms with Gasteiger partial charge in [-0.2, -0.15) is 8.78 Å². The van der Waals surface area contributed by atoms with Crippen LogP contribution in [0.3, 0.4) is 0 Å². The minimum Gasteiger partial charge on any atom is -0.489 e. The number of nitrogens with zero attached hydrogens (tertiary/aromatic N) is 1. The molecule has 1 fully saturated rings. The summed E-state index contributed by atoms with van der Waals surface area (Å²) in [5, 5.41) is 0. The van der Waals surface area contributed by atoms with Crippen LogP contribution in [0.15, 0.2) is 28.9 Å². The van der Waals surface area contributed by atoms with Gasteiger partial charge in [0.25, 0.3) is 0 Å². The summed E-state index contributed by atoms with van der Waals surface area (Å²) < 4.78 is 40.0. The summed E-state index contributed by atoms with van der Waals surface area (Å²) in [5.74, 6) is 1.10. The topological polar surface area (TPSA) is 44.5 Å². The van der Waals surface area contributed by atoms with Gasteiger partial charge in [-0.15, -0.1) is 0 Å². The molecule has 1 aliphatic rings. The molecule has 1 saturated carbocycles. The molecular formula is C14H12F2NO3. The van der Waals surface area contributed by atoms with Gasteiger partial charge in [-0.1, -0.05) is 0 Å². The Morgan fingerprint density at radius 3 is 2.85 bits per heavy atom. The van der Waals surface area contributed by atoms with E-state index in [2.05, 4.69) is 15.9 Å². The first-order chi connectivity index (χ1) is 9.72. The highest BCUT2D eigenvalue weighted by molar-refractivity contribution is 5.59. The number of hydrogen-bond donors (Lipinski definition) is 0. The van der Waals surface area contributed by atoms with Crippen molar-refractivity contribution in [3.8, 4) is 23.0 Å². The monoisotopic (exact) mass is 280 g/mol. The predicted molar refractivity (Wildman–Crippen MR) is 65.6 cm³/mol. The molecule has 3 rings (SSSR count). The van der Waals surface area contributed by atoms with Crippen molar-refractivity contribution in [2.45, 2.75) is 19.5 Å². The second kappa shape index (κ2) is 5.48. The molecule has 1 aromatic heterocycles. The molecule has 2 aromatic rings. The molecule has 1 aromatic carbocycles. The Balaban J connectivity index is 1.84. The summed E-state index contributed by atoms with van der Waals surface area (Å²) >= 11 is 0. The maximum atomic E-state index is 12.5. The second-order valence-electron chi connectivity index (χ2n) is 4.58. The first-order valence-corrected chi connectivity index (χ1v) is 6.26. The number of hydrogen-bond acceptors (Lipinski definition) is 4. The SMILES string of the molecule is FC(F)Oc1cc(-c2n[c]co2)ccc1OCC1CC1. The minimum atomic E-state index is -2.91. The molecule has 6 heteroatoms. The van der Waals surface area contributed by atoms with Crippen molar-refractivity contribution in [3.05, 3.63) is 30.7 Å². The molecule has 1 aliphatic carbocycles. The highest BCUT2D eigenvalue weighted by Crippen LogP contribution is 2.35. The van der Waals surface area contributed by atoms with E-state index in [1.165, 1.54) is 12.3 Å². The van der Waals surface area contributed by atoms with Crippen LogP contribution in [0, 0.1) is 12.1 Å². The van der Waals surface area contributed by atoms with Crippen LogP contribution >= 0.6 is 0 Å². The maximum Gasteiger partial charge on any atom is 0.387 e. The number of oxazole rings is 1. The van der Waals surface area contributed by atoms with E-state index in [0.29, 0.717) is 23.8 Å². The smallest absolute Gasteiger partial charge is 0.387 e. The lowest BCUT2D eigenvalue weighted by Crippen LogP contribution is -2.06. The summed E-state index contributed by atoms with van der Waals surface area (Å²) in [4.78, 5) is 3.85. The van der Waals surface area contributed by atoms with E-state index in [0.717, 1.165) is 12.8 Å². The Bertz CT molecular complexity index is 568. The lowest BCUT2D eigenvalue weighted by molar-refractivity contribution is -0.0515. The predicted octanol–water partition coefficient (Wildman–Crippen LogP) is 3.53. The number of alkyl halides is 2. The molecule has 1 heterocycles. The quantitative estimate of drug-likeness (QED) is 0.812. The summed E-state index contributed by atoms with van der Waals surface area (Å²) in [6.07, 6.45) is 6.05. The van der Waals surface area contributed by atoms with Crippen LogP contribution in [-0.2, 0) is 0 Å². The van der Waals surface area contributed by atoms with Gasteiger partial charge in [0.2, 0.25) is 5.89 Å². The molecule has 0 unspecified atom stereocenters. The zero-order valence-electron chi connectivity index (χ0n) is 10.5. The minimum absolute atomic E-state index is 0.0173. The van der Waals surface area contributed by atoms with Crippen molar-refractivity contribution in [1.82, 2.24) is 4.98 Å². The fourth-order valence-electron chi connectivity index (χ4n) is 1.77. The molecule has 0 saturated heterocycles. The van der Waals surface area contributed by atoms with E-state index in [4.69, 9.17) is 9.15 Å². The van der Waals surface area contributed by atoms with Crippen molar-refractivity contribution < 1.29 is 22.7 Å². The van der Waals surface area contributed by atoms with Gasteiger partial charge in [0.1, 0.15) is 12.5 Å². The van der Waals surface area contributed by atoms with Gasteiger partial charge in [-0.25, -0.2) is 4.98 Å². The Morgan fingerprint density at radius 1 is 1.35 bits per heavy atom. The lowest BCUT2D eigenvalue weighted by atomic mass is 10.2.